The van der Waals surface area contributed by atoms with Crippen molar-refractivity contribution < 1.29 is 4.79 Å². The van der Waals surface area contributed by atoms with Gasteiger partial charge in [-0.2, -0.15) is 5.10 Å². The molecular formula is C15H22N4OS. The quantitative estimate of drug-likeness (QED) is 0.854. The Morgan fingerprint density at radius 1 is 1.43 bits per heavy atom. The second-order valence-electron chi connectivity index (χ2n) is 5.17. The lowest BCUT2D eigenvalue weighted by molar-refractivity contribution is -0.121. The van der Waals surface area contributed by atoms with Crippen molar-refractivity contribution in [1.29, 1.82) is 0 Å². The summed E-state index contributed by atoms with van der Waals surface area (Å²) in [5.74, 6) is 0.0729. The van der Waals surface area contributed by atoms with Crippen LogP contribution < -0.4 is 5.32 Å². The molecule has 0 aliphatic rings. The van der Waals surface area contributed by atoms with Crippen LogP contribution in [0.4, 0.5) is 0 Å². The number of thiazole rings is 1. The van der Waals surface area contributed by atoms with E-state index in [1.54, 1.807) is 22.2 Å². The maximum Gasteiger partial charge on any atom is 0.220 e. The molecule has 2 heterocycles. The van der Waals surface area contributed by atoms with Gasteiger partial charge in [0.25, 0.3) is 0 Å². The van der Waals surface area contributed by atoms with Crippen molar-refractivity contribution in [2.45, 2.75) is 46.1 Å². The highest BCUT2D eigenvalue weighted by molar-refractivity contribution is 7.11. The van der Waals surface area contributed by atoms with Crippen molar-refractivity contribution >= 4 is 17.2 Å². The molecule has 2 rings (SSSR count). The lowest BCUT2D eigenvalue weighted by Gasteiger charge is -2.03. The molecule has 2 aromatic heterocycles. The molecule has 5 nitrogen and oxygen atoms in total. The first-order valence-corrected chi connectivity index (χ1v) is 8.09. The molecule has 0 saturated heterocycles. The molecule has 0 fully saturated rings. The third kappa shape index (κ3) is 4.67. The Kier molecular flexibility index (Phi) is 5.50. The average Bonchev–Trinajstić information content (AvgIpc) is 3.01. The number of carbonyl (C=O) groups excluding carboxylic acids is 1. The van der Waals surface area contributed by atoms with E-state index < -0.39 is 0 Å². The van der Waals surface area contributed by atoms with Gasteiger partial charge in [0.2, 0.25) is 5.91 Å². The smallest absolute Gasteiger partial charge is 0.220 e. The summed E-state index contributed by atoms with van der Waals surface area (Å²) >= 11 is 1.70. The maximum absolute atomic E-state index is 11.9. The zero-order chi connectivity index (χ0) is 15.2. The van der Waals surface area contributed by atoms with Crippen molar-refractivity contribution in [3.63, 3.8) is 0 Å². The molecule has 0 atom stereocenters. The zero-order valence-corrected chi connectivity index (χ0v) is 13.7. The Hall–Kier alpha value is -1.69. The number of carbonyl (C=O) groups is 1. The molecule has 0 aliphatic heterocycles. The van der Waals surface area contributed by atoms with Gasteiger partial charge >= 0.3 is 0 Å². The van der Waals surface area contributed by atoms with Crippen LogP contribution in [0.25, 0.3) is 0 Å². The van der Waals surface area contributed by atoms with Crippen LogP contribution in [0.5, 0.6) is 0 Å². The summed E-state index contributed by atoms with van der Waals surface area (Å²) in [6.45, 7) is 4.74. The van der Waals surface area contributed by atoms with E-state index in [9.17, 15) is 4.79 Å². The topological polar surface area (TPSA) is 59.8 Å². The minimum Gasteiger partial charge on any atom is -0.351 e. The van der Waals surface area contributed by atoms with Gasteiger partial charge in [-0.3, -0.25) is 9.48 Å². The van der Waals surface area contributed by atoms with E-state index >= 15 is 0 Å². The van der Waals surface area contributed by atoms with Crippen LogP contribution in [0.3, 0.4) is 0 Å². The second-order valence-corrected chi connectivity index (χ2v) is 6.33. The van der Waals surface area contributed by atoms with E-state index in [1.807, 2.05) is 20.2 Å². The van der Waals surface area contributed by atoms with Crippen LogP contribution in [-0.4, -0.2) is 20.7 Å². The van der Waals surface area contributed by atoms with E-state index in [2.05, 4.69) is 22.3 Å². The molecule has 0 radical (unpaired) electrons. The van der Waals surface area contributed by atoms with Crippen molar-refractivity contribution in [1.82, 2.24) is 20.1 Å². The van der Waals surface area contributed by atoms with Crippen LogP contribution in [-0.2, 0) is 31.2 Å². The number of hydrogen-bond acceptors (Lipinski definition) is 4. The van der Waals surface area contributed by atoms with Gasteiger partial charge in [0.05, 0.1) is 23.4 Å². The largest absolute Gasteiger partial charge is 0.351 e. The van der Waals surface area contributed by atoms with Gasteiger partial charge in [-0.15, -0.1) is 11.3 Å². The van der Waals surface area contributed by atoms with Gasteiger partial charge in [-0.05, 0) is 31.7 Å². The summed E-state index contributed by atoms with van der Waals surface area (Å²) in [6, 6.07) is 0. The van der Waals surface area contributed by atoms with Gasteiger partial charge in [-0.1, -0.05) is 6.92 Å². The first-order valence-electron chi connectivity index (χ1n) is 7.28. The summed E-state index contributed by atoms with van der Waals surface area (Å²) in [7, 11) is 1.88. The molecule has 0 bridgehead atoms. The van der Waals surface area contributed by atoms with Gasteiger partial charge < -0.3 is 5.32 Å². The first kappa shape index (κ1) is 15.7. The number of aryl methyl sites for hydroxylation is 4. The molecule has 1 amide bonds. The lowest BCUT2D eigenvalue weighted by Crippen LogP contribution is -2.22. The Bertz CT molecular complexity index is 603. The van der Waals surface area contributed by atoms with Crippen LogP contribution in [0, 0.1) is 6.92 Å². The van der Waals surface area contributed by atoms with E-state index in [0.29, 0.717) is 13.0 Å². The minimum absolute atomic E-state index is 0.0729. The molecular weight excluding hydrogens is 284 g/mol. The Labute approximate surface area is 129 Å². The summed E-state index contributed by atoms with van der Waals surface area (Å²) < 4.78 is 1.75. The van der Waals surface area contributed by atoms with Crippen molar-refractivity contribution in [3.05, 3.63) is 33.5 Å². The Balaban J connectivity index is 1.78. The van der Waals surface area contributed by atoms with Gasteiger partial charge in [0.1, 0.15) is 0 Å². The number of aromatic nitrogens is 3. The number of rotatable bonds is 7. The SMILES string of the molecule is CCCc1nc(C)c(CNC(=O)CCc2cnn(C)c2)s1. The first-order chi connectivity index (χ1) is 10.1. The summed E-state index contributed by atoms with van der Waals surface area (Å²) in [4.78, 5) is 17.6. The number of hydrogen-bond donors (Lipinski definition) is 1. The molecule has 0 saturated carbocycles. The fourth-order valence-electron chi connectivity index (χ4n) is 2.10. The van der Waals surface area contributed by atoms with Crippen molar-refractivity contribution in [3.8, 4) is 0 Å². The van der Waals surface area contributed by atoms with Crippen LogP contribution in [0.15, 0.2) is 12.4 Å². The predicted octanol–water partition coefficient (Wildman–Crippen LogP) is 2.39. The second kappa shape index (κ2) is 7.36. The number of nitrogens with zero attached hydrogens (tertiary/aromatic N) is 3. The molecule has 0 unspecified atom stereocenters. The van der Waals surface area contributed by atoms with Gasteiger partial charge in [0.15, 0.2) is 0 Å². The molecule has 0 spiro atoms. The zero-order valence-electron chi connectivity index (χ0n) is 12.8. The van der Waals surface area contributed by atoms with E-state index in [4.69, 9.17) is 0 Å². The molecule has 1 N–H and O–H groups in total. The average molecular weight is 306 g/mol. The van der Waals surface area contributed by atoms with E-state index in [1.165, 1.54) is 0 Å². The number of amides is 1. The van der Waals surface area contributed by atoms with Crippen LogP contribution in [0.1, 0.15) is 40.9 Å². The highest BCUT2D eigenvalue weighted by atomic mass is 32.1. The van der Waals surface area contributed by atoms with Gasteiger partial charge in [0, 0.05) is 24.5 Å². The van der Waals surface area contributed by atoms with E-state index in [-0.39, 0.29) is 5.91 Å². The van der Waals surface area contributed by atoms with Crippen LogP contribution >= 0.6 is 11.3 Å². The third-order valence-electron chi connectivity index (χ3n) is 3.25. The Morgan fingerprint density at radius 3 is 2.90 bits per heavy atom. The minimum atomic E-state index is 0.0729. The molecule has 0 aliphatic carbocycles. The predicted molar refractivity (Wildman–Crippen MR) is 84.2 cm³/mol. The van der Waals surface area contributed by atoms with E-state index in [0.717, 1.165) is 40.4 Å². The Morgan fingerprint density at radius 2 is 2.24 bits per heavy atom. The lowest BCUT2D eigenvalue weighted by atomic mass is 10.2. The molecule has 2 aromatic rings. The monoisotopic (exact) mass is 306 g/mol. The fraction of sp³-hybridized carbons (Fsp3) is 0.533. The van der Waals surface area contributed by atoms with Gasteiger partial charge in [-0.25, -0.2) is 4.98 Å². The molecule has 0 aromatic carbocycles. The fourth-order valence-corrected chi connectivity index (χ4v) is 3.21. The van der Waals surface area contributed by atoms with Crippen LogP contribution in [0.2, 0.25) is 0 Å². The maximum atomic E-state index is 11.9. The summed E-state index contributed by atoms with van der Waals surface area (Å²) in [5, 5.41) is 8.24. The molecule has 6 heteroatoms. The van der Waals surface area contributed by atoms with Crippen molar-refractivity contribution in [2.75, 3.05) is 0 Å². The highest BCUT2D eigenvalue weighted by Gasteiger charge is 2.09. The standard InChI is InChI=1S/C15H22N4OS/c1-4-5-15-18-11(2)13(21-15)9-16-14(20)7-6-12-8-17-19(3)10-12/h8,10H,4-7,9H2,1-3H3,(H,16,20). The summed E-state index contributed by atoms with van der Waals surface area (Å²) in [5.41, 5.74) is 2.13. The third-order valence-corrected chi connectivity index (χ3v) is 4.46. The molecule has 114 valence electrons. The molecule has 21 heavy (non-hydrogen) atoms. The highest BCUT2D eigenvalue weighted by Crippen LogP contribution is 2.19. The van der Waals surface area contributed by atoms with Crippen molar-refractivity contribution in [2.24, 2.45) is 7.05 Å². The summed E-state index contributed by atoms with van der Waals surface area (Å²) in [6.07, 6.45) is 7.08. The normalized spacial score (nSPS) is 10.8. The number of nitrogens with one attached hydrogen (secondary N) is 1.